The Morgan fingerprint density at radius 3 is 2.07 bits per heavy atom. The summed E-state index contributed by atoms with van der Waals surface area (Å²) in [5.74, 6) is -4.85. The van der Waals surface area contributed by atoms with Gasteiger partial charge in [-0.25, -0.2) is 4.79 Å². The third-order valence-electron chi connectivity index (χ3n) is 3.49. The smallest absolute Gasteiger partial charge is 0.326 e. The highest BCUT2D eigenvalue weighted by molar-refractivity contribution is 5.92. The van der Waals surface area contributed by atoms with Gasteiger partial charge in [-0.15, -0.1) is 0 Å². The molecule has 14 nitrogen and oxygen atoms in total. The highest BCUT2D eigenvalue weighted by atomic mass is 16.4. The number of nitrogens with two attached hydrogens (primary N) is 3. The van der Waals surface area contributed by atoms with Crippen molar-refractivity contribution in [2.75, 3.05) is 19.6 Å². The van der Waals surface area contributed by atoms with Gasteiger partial charge in [0.25, 0.3) is 0 Å². The van der Waals surface area contributed by atoms with Crippen LogP contribution in [0, 0.1) is 0 Å². The molecule has 164 valence electrons. The standard InChI is InChI=1S/C15H27N7O7/c16-6-10(23)21-8(2-1-5-19-15(17)18)13(27)20-7-11(24)22-9(14(28)29)3-4-12(25)26/h8-9H,1-7,16H2,(H,20,27)(H,21,23)(H,22,24)(H,25,26)(H,28,29)(H4,17,18,19). The van der Waals surface area contributed by atoms with Gasteiger partial charge in [-0.3, -0.25) is 24.2 Å². The van der Waals surface area contributed by atoms with Gasteiger partial charge in [0.05, 0.1) is 13.1 Å². The van der Waals surface area contributed by atoms with Crippen LogP contribution in [0.5, 0.6) is 0 Å². The quantitative estimate of drug-likeness (QED) is 0.0772. The summed E-state index contributed by atoms with van der Waals surface area (Å²) in [4.78, 5) is 60.9. The number of nitrogens with one attached hydrogen (secondary N) is 3. The van der Waals surface area contributed by atoms with Gasteiger partial charge in [-0.2, -0.15) is 0 Å². The number of guanidine groups is 1. The number of carboxylic acid groups (broad SMARTS) is 2. The van der Waals surface area contributed by atoms with Gasteiger partial charge in [0, 0.05) is 13.0 Å². The van der Waals surface area contributed by atoms with Crippen LogP contribution in [0.25, 0.3) is 0 Å². The molecule has 0 aliphatic heterocycles. The lowest BCUT2D eigenvalue weighted by Gasteiger charge is -2.18. The number of amides is 3. The van der Waals surface area contributed by atoms with Gasteiger partial charge >= 0.3 is 11.9 Å². The lowest BCUT2D eigenvalue weighted by molar-refractivity contribution is -0.143. The molecule has 2 unspecified atom stereocenters. The fourth-order valence-electron chi connectivity index (χ4n) is 2.09. The molecule has 0 heterocycles. The Hall–Kier alpha value is -3.42. The van der Waals surface area contributed by atoms with Crippen LogP contribution in [0.3, 0.4) is 0 Å². The molecule has 29 heavy (non-hydrogen) atoms. The van der Waals surface area contributed by atoms with E-state index in [4.69, 9.17) is 27.4 Å². The molecule has 0 aliphatic carbocycles. The first-order chi connectivity index (χ1) is 13.6. The Kier molecular flexibility index (Phi) is 12.1. The highest BCUT2D eigenvalue weighted by Gasteiger charge is 2.23. The van der Waals surface area contributed by atoms with Crippen LogP contribution in [-0.4, -0.2) is 77.6 Å². The number of nitrogens with zero attached hydrogens (tertiary/aromatic N) is 1. The van der Waals surface area contributed by atoms with Crippen molar-refractivity contribution >= 4 is 35.6 Å². The van der Waals surface area contributed by atoms with E-state index in [2.05, 4.69) is 20.9 Å². The summed E-state index contributed by atoms with van der Waals surface area (Å²) in [6.45, 7) is -0.699. The molecule has 0 radical (unpaired) electrons. The first-order valence-electron chi connectivity index (χ1n) is 8.63. The third-order valence-corrected chi connectivity index (χ3v) is 3.49. The molecule has 14 heteroatoms. The van der Waals surface area contributed by atoms with E-state index in [9.17, 15) is 24.0 Å². The van der Waals surface area contributed by atoms with Crippen molar-refractivity contribution in [2.24, 2.45) is 22.2 Å². The summed E-state index contributed by atoms with van der Waals surface area (Å²) in [5, 5.41) is 24.4. The van der Waals surface area contributed by atoms with Gasteiger partial charge in [-0.1, -0.05) is 0 Å². The van der Waals surface area contributed by atoms with Crippen LogP contribution in [0.4, 0.5) is 0 Å². The summed E-state index contributed by atoms with van der Waals surface area (Å²) in [6.07, 6.45) is -0.257. The summed E-state index contributed by atoms with van der Waals surface area (Å²) in [5.41, 5.74) is 15.6. The second-order valence-electron chi connectivity index (χ2n) is 5.88. The molecule has 0 saturated carbocycles. The first kappa shape index (κ1) is 25.6. The predicted molar refractivity (Wildman–Crippen MR) is 100 cm³/mol. The Labute approximate surface area is 166 Å². The number of rotatable bonds is 14. The van der Waals surface area contributed by atoms with Crippen LogP contribution >= 0.6 is 0 Å². The molecule has 0 fully saturated rings. The molecule has 0 rings (SSSR count). The average molecular weight is 417 g/mol. The molecular weight excluding hydrogens is 390 g/mol. The van der Waals surface area contributed by atoms with Crippen molar-refractivity contribution in [1.82, 2.24) is 16.0 Å². The SMILES string of the molecule is NCC(=O)NC(CCCN=C(N)N)C(=O)NCC(=O)NC(CCC(=O)O)C(=O)O. The van der Waals surface area contributed by atoms with E-state index < -0.39 is 54.7 Å². The van der Waals surface area contributed by atoms with Crippen LogP contribution in [-0.2, 0) is 24.0 Å². The summed E-state index contributed by atoms with van der Waals surface area (Å²) >= 11 is 0. The Balaban J connectivity index is 4.69. The molecular formula is C15H27N7O7. The molecule has 3 amide bonds. The van der Waals surface area contributed by atoms with Crippen molar-refractivity contribution < 1.29 is 34.2 Å². The minimum absolute atomic E-state index is 0.121. The topological polar surface area (TPSA) is 252 Å². The molecule has 11 N–H and O–H groups in total. The maximum Gasteiger partial charge on any atom is 0.326 e. The highest BCUT2D eigenvalue weighted by Crippen LogP contribution is 2.00. The summed E-state index contributed by atoms with van der Waals surface area (Å²) in [6, 6.07) is -2.42. The van der Waals surface area contributed by atoms with E-state index in [0.717, 1.165) is 0 Å². The van der Waals surface area contributed by atoms with Gasteiger partial charge < -0.3 is 43.4 Å². The Morgan fingerprint density at radius 1 is 0.931 bits per heavy atom. The average Bonchev–Trinajstić information content (AvgIpc) is 2.64. The zero-order valence-electron chi connectivity index (χ0n) is 15.7. The number of carbonyl (C=O) groups excluding carboxylic acids is 3. The monoisotopic (exact) mass is 417 g/mol. The van der Waals surface area contributed by atoms with Crippen LogP contribution in [0.15, 0.2) is 4.99 Å². The number of hydrogen-bond donors (Lipinski definition) is 8. The molecule has 0 aliphatic rings. The minimum Gasteiger partial charge on any atom is -0.481 e. The number of hydrogen-bond acceptors (Lipinski definition) is 7. The zero-order valence-corrected chi connectivity index (χ0v) is 15.7. The maximum atomic E-state index is 12.2. The maximum absolute atomic E-state index is 12.2. The van der Waals surface area contributed by atoms with E-state index in [1.54, 1.807) is 0 Å². The number of carboxylic acids is 2. The van der Waals surface area contributed by atoms with Gasteiger partial charge in [-0.05, 0) is 19.3 Å². The minimum atomic E-state index is -1.41. The van der Waals surface area contributed by atoms with E-state index in [1.165, 1.54) is 0 Å². The van der Waals surface area contributed by atoms with E-state index in [0.29, 0.717) is 6.42 Å². The third kappa shape index (κ3) is 12.6. The molecule has 2 atom stereocenters. The van der Waals surface area contributed by atoms with Crippen LogP contribution < -0.4 is 33.2 Å². The first-order valence-corrected chi connectivity index (χ1v) is 8.63. The second-order valence-corrected chi connectivity index (χ2v) is 5.88. The number of carbonyl (C=O) groups is 5. The fraction of sp³-hybridized carbons (Fsp3) is 0.600. The largest absolute Gasteiger partial charge is 0.481 e. The van der Waals surface area contributed by atoms with E-state index in [-0.39, 0.29) is 31.9 Å². The molecule has 0 saturated heterocycles. The van der Waals surface area contributed by atoms with Crippen LogP contribution in [0.1, 0.15) is 25.7 Å². The van der Waals surface area contributed by atoms with Gasteiger partial charge in [0.2, 0.25) is 17.7 Å². The number of aliphatic carboxylic acids is 2. The second kappa shape index (κ2) is 13.7. The summed E-state index contributed by atoms with van der Waals surface area (Å²) in [7, 11) is 0. The molecule has 0 aromatic rings. The van der Waals surface area contributed by atoms with Gasteiger partial charge in [0.15, 0.2) is 5.96 Å². The zero-order chi connectivity index (χ0) is 22.4. The number of aliphatic imine (C=N–C) groups is 1. The molecule has 0 aromatic carbocycles. The van der Waals surface area contributed by atoms with Crippen LogP contribution in [0.2, 0.25) is 0 Å². The lowest BCUT2D eigenvalue weighted by atomic mass is 10.1. The van der Waals surface area contributed by atoms with Crippen molar-refractivity contribution in [3.8, 4) is 0 Å². The van der Waals surface area contributed by atoms with Crippen molar-refractivity contribution in [1.29, 1.82) is 0 Å². The Morgan fingerprint density at radius 2 is 1.55 bits per heavy atom. The molecule has 0 bridgehead atoms. The normalized spacial score (nSPS) is 12.2. The predicted octanol–water partition coefficient (Wildman–Crippen LogP) is -3.97. The molecule has 0 spiro atoms. The summed E-state index contributed by atoms with van der Waals surface area (Å²) < 4.78 is 0. The van der Waals surface area contributed by atoms with Gasteiger partial charge in [0.1, 0.15) is 12.1 Å². The Bertz CT molecular complexity index is 635. The van der Waals surface area contributed by atoms with E-state index in [1.807, 2.05) is 0 Å². The van der Waals surface area contributed by atoms with Crippen molar-refractivity contribution in [3.05, 3.63) is 0 Å². The van der Waals surface area contributed by atoms with Crippen molar-refractivity contribution in [3.63, 3.8) is 0 Å². The van der Waals surface area contributed by atoms with E-state index >= 15 is 0 Å². The molecule has 0 aromatic heterocycles. The lowest BCUT2D eigenvalue weighted by Crippen LogP contribution is -2.51. The fourth-order valence-corrected chi connectivity index (χ4v) is 2.09. The van der Waals surface area contributed by atoms with Crippen molar-refractivity contribution in [2.45, 2.75) is 37.8 Å².